The molecule has 0 saturated heterocycles. The van der Waals surface area contributed by atoms with Crippen molar-refractivity contribution >= 4 is 17.5 Å². The first-order valence-corrected chi connectivity index (χ1v) is 11.1. The maximum absolute atomic E-state index is 12.6. The van der Waals surface area contributed by atoms with Crippen molar-refractivity contribution in [3.63, 3.8) is 0 Å². The molecule has 0 aliphatic heterocycles. The van der Waals surface area contributed by atoms with Crippen molar-refractivity contribution in [3.8, 4) is 28.1 Å². The smallest absolute Gasteiger partial charge is 0.241 e. The minimum Gasteiger partial charge on any atom is -0.497 e. The van der Waals surface area contributed by atoms with Gasteiger partial charge in [0.15, 0.2) is 0 Å². The van der Waals surface area contributed by atoms with Gasteiger partial charge in [-0.15, -0.1) is 0 Å². The van der Waals surface area contributed by atoms with Crippen LogP contribution in [-0.4, -0.2) is 41.4 Å². The zero-order valence-corrected chi connectivity index (χ0v) is 19.9. The minimum atomic E-state index is -0.0793. The van der Waals surface area contributed by atoms with Gasteiger partial charge < -0.3 is 15.4 Å². The van der Waals surface area contributed by atoms with Crippen LogP contribution < -0.4 is 15.4 Å². The molecule has 0 spiro atoms. The summed E-state index contributed by atoms with van der Waals surface area (Å²) in [5, 5.41) is 11.6. The van der Waals surface area contributed by atoms with Gasteiger partial charge in [0.25, 0.3) is 0 Å². The first-order valence-electron chi connectivity index (χ1n) is 10.8. The number of methoxy groups -OCH3 is 1. The number of hydrogen-bond acceptors (Lipinski definition) is 4. The van der Waals surface area contributed by atoms with Crippen LogP contribution in [0.1, 0.15) is 27.2 Å². The van der Waals surface area contributed by atoms with E-state index in [1.54, 1.807) is 18.0 Å². The van der Waals surface area contributed by atoms with Crippen LogP contribution in [-0.2, 0) is 11.3 Å². The molecule has 3 aromatic rings. The van der Waals surface area contributed by atoms with E-state index >= 15 is 0 Å². The fourth-order valence-corrected chi connectivity index (χ4v) is 3.64. The molecule has 0 unspecified atom stereocenters. The van der Waals surface area contributed by atoms with Crippen molar-refractivity contribution < 1.29 is 9.53 Å². The second-order valence-corrected chi connectivity index (χ2v) is 9.06. The molecule has 0 aliphatic carbocycles. The lowest BCUT2D eigenvalue weighted by atomic mass is 10.0. The van der Waals surface area contributed by atoms with E-state index in [9.17, 15) is 4.79 Å². The molecule has 2 aromatic carbocycles. The summed E-state index contributed by atoms with van der Waals surface area (Å²) in [5.41, 5.74) is 3.59. The first kappa shape index (κ1) is 23.8. The average Bonchev–Trinajstić information content (AvgIpc) is 3.16. The Morgan fingerprint density at radius 1 is 1.06 bits per heavy atom. The monoisotopic (exact) mass is 454 g/mol. The number of hydrogen-bond donors (Lipinski definition) is 2. The Kier molecular flexibility index (Phi) is 7.94. The summed E-state index contributed by atoms with van der Waals surface area (Å²) in [6.07, 6.45) is 2.62. The number of carbonyl (C=O) groups excluding carboxylic acids is 1. The molecular weight excluding hydrogens is 424 g/mol. The summed E-state index contributed by atoms with van der Waals surface area (Å²) < 4.78 is 7.01. The molecular formula is C25H31ClN4O2. The van der Waals surface area contributed by atoms with Gasteiger partial charge in [0, 0.05) is 33.8 Å². The highest BCUT2D eigenvalue weighted by atomic mass is 35.5. The van der Waals surface area contributed by atoms with E-state index in [-0.39, 0.29) is 18.0 Å². The van der Waals surface area contributed by atoms with Crippen LogP contribution in [0.3, 0.4) is 0 Å². The minimum absolute atomic E-state index is 0.0709. The number of carbonyl (C=O) groups is 1. The molecule has 0 fully saturated rings. The summed E-state index contributed by atoms with van der Waals surface area (Å²) in [6.45, 7) is 7.96. The highest BCUT2D eigenvalue weighted by Crippen LogP contribution is 2.36. The van der Waals surface area contributed by atoms with Gasteiger partial charge in [-0.25, -0.2) is 0 Å². The summed E-state index contributed by atoms with van der Waals surface area (Å²) in [6, 6.07) is 15.4. The van der Waals surface area contributed by atoms with E-state index in [4.69, 9.17) is 16.3 Å². The van der Waals surface area contributed by atoms with Crippen molar-refractivity contribution in [3.05, 3.63) is 59.8 Å². The first-order chi connectivity index (χ1) is 15.3. The largest absolute Gasteiger partial charge is 0.497 e. The van der Waals surface area contributed by atoms with E-state index in [0.29, 0.717) is 11.6 Å². The Hall–Kier alpha value is -2.83. The van der Waals surface area contributed by atoms with Crippen LogP contribution in [0.5, 0.6) is 5.75 Å². The Balaban J connectivity index is 1.80. The number of ether oxygens (including phenoxy) is 1. The summed E-state index contributed by atoms with van der Waals surface area (Å²) >= 11 is 6.47. The van der Waals surface area contributed by atoms with Crippen molar-refractivity contribution in [1.82, 2.24) is 20.4 Å². The Morgan fingerprint density at radius 3 is 2.44 bits per heavy atom. The van der Waals surface area contributed by atoms with Gasteiger partial charge in [-0.3, -0.25) is 9.48 Å². The lowest BCUT2D eigenvalue weighted by Crippen LogP contribution is -2.38. The fourth-order valence-electron chi connectivity index (χ4n) is 3.41. The molecule has 0 radical (unpaired) electrons. The molecule has 1 aromatic heterocycles. The number of benzene rings is 2. The predicted molar refractivity (Wildman–Crippen MR) is 130 cm³/mol. The Labute approximate surface area is 194 Å². The van der Waals surface area contributed by atoms with Gasteiger partial charge in [-0.05, 0) is 64.1 Å². The van der Waals surface area contributed by atoms with Gasteiger partial charge in [-0.1, -0.05) is 29.8 Å². The molecule has 7 heteroatoms. The molecule has 0 atom stereocenters. The summed E-state index contributed by atoms with van der Waals surface area (Å²) in [5.74, 6) is 0.685. The zero-order valence-electron chi connectivity index (χ0n) is 19.1. The maximum Gasteiger partial charge on any atom is 0.241 e. The molecule has 6 nitrogen and oxygen atoms in total. The topological polar surface area (TPSA) is 68.2 Å². The molecule has 2 N–H and O–H groups in total. The second kappa shape index (κ2) is 10.7. The van der Waals surface area contributed by atoms with Crippen molar-refractivity contribution in [2.24, 2.45) is 0 Å². The molecule has 3 rings (SSSR count). The maximum atomic E-state index is 12.6. The number of amides is 1. The molecule has 0 saturated carbocycles. The highest BCUT2D eigenvalue weighted by molar-refractivity contribution is 6.33. The lowest BCUT2D eigenvalue weighted by molar-refractivity contribution is -0.121. The molecule has 1 heterocycles. The number of aromatic nitrogens is 2. The highest BCUT2D eigenvalue weighted by Gasteiger charge is 2.18. The van der Waals surface area contributed by atoms with E-state index in [2.05, 4.69) is 36.5 Å². The second-order valence-electron chi connectivity index (χ2n) is 8.65. The van der Waals surface area contributed by atoms with Gasteiger partial charge in [0.1, 0.15) is 12.3 Å². The van der Waals surface area contributed by atoms with Crippen LogP contribution >= 0.6 is 11.6 Å². The number of halogens is 1. The van der Waals surface area contributed by atoms with Gasteiger partial charge in [0.05, 0.1) is 19.0 Å². The van der Waals surface area contributed by atoms with Crippen molar-refractivity contribution in [2.45, 2.75) is 39.3 Å². The fraction of sp³-hybridized carbons (Fsp3) is 0.360. The summed E-state index contributed by atoms with van der Waals surface area (Å²) in [7, 11) is 1.63. The Bertz CT molecular complexity index is 1040. The third kappa shape index (κ3) is 6.34. The van der Waals surface area contributed by atoms with Crippen LogP contribution in [0.4, 0.5) is 0 Å². The van der Waals surface area contributed by atoms with Crippen molar-refractivity contribution in [2.75, 3.05) is 20.2 Å². The number of rotatable bonds is 9. The van der Waals surface area contributed by atoms with Crippen LogP contribution in [0, 0.1) is 0 Å². The third-order valence-electron chi connectivity index (χ3n) is 4.99. The molecule has 170 valence electrons. The van der Waals surface area contributed by atoms with Crippen LogP contribution in [0.25, 0.3) is 22.4 Å². The Morgan fingerprint density at radius 2 is 1.78 bits per heavy atom. The molecule has 1 amide bonds. The molecule has 0 bridgehead atoms. The molecule has 32 heavy (non-hydrogen) atoms. The standard InChI is InChI=1S/C25H31ClN4O2/c1-25(2,3)28-15-7-14-27-23(31)17-30-24(18-10-12-19(32-4)13-11-18)21(16-29-30)20-8-5-6-9-22(20)26/h5-6,8-13,16,28H,7,14-15,17H2,1-4H3,(H,27,31). The lowest BCUT2D eigenvalue weighted by Gasteiger charge is -2.20. The SMILES string of the molecule is COc1ccc(-c2c(-c3ccccc3Cl)cnn2CC(=O)NCCCNC(C)(C)C)cc1. The third-order valence-corrected chi connectivity index (χ3v) is 5.32. The van der Waals surface area contributed by atoms with Gasteiger partial charge in [0.2, 0.25) is 5.91 Å². The number of nitrogens with one attached hydrogen (secondary N) is 2. The zero-order chi connectivity index (χ0) is 23.1. The van der Waals surface area contributed by atoms with Crippen molar-refractivity contribution in [1.29, 1.82) is 0 Å². The van der Waals surface area contributed by atoms with Crippen LogP contribution in [0.2, 0.25) is 5.02 Å². The normalized spacial score (nSPS) is 11.4. The average molecular weight is 455 g/mol. The molecule has 0 aliphatic rings. The van der Waals surface area contributed by atoms with Crippen LogP contribution in [0.15, 0.2) is 54.7 Å². The van der Waals surface area contributed by atoms with E-state index in [1.165, 1.54) is 0 Å². The van der Waals surface area contributed by atoms with E-state index in [1.807, 2.05) is 48.5 Å². The summed E-state index contributed by atoms with van der Waals surface area (Å²) in [4.78, 5) is 12.6. The predicted octanol–water partition coefficient (Wildman–Crippen LogP) is 4.77. The van der Waals surface area contributed by atoms with Gasteiger partial charge in [-0.2, -0.15) is 5.10 Å². The van der Waals surface area contributed by atoms with E-state index < -0.39 is 0 Å². The van der Waals surface area contributed by atoms with Gasteiger partial charge >= 0.3 is 0 Å². The van der Waals surface area contributed by atoms with E-state index in [0.717, 1.165) is 41.1 Å². The number of nitrogens with zero attached hydrogens (tertiary/aromatic N) is 2. The quantitative estimate of drug-likeness (QED) is 0.457.